The lowest BCUT2D eigenvalue weighted by Crippen LogP contribution is -2.38. The van der Waals surface area contributed by atoms with Crippen LogP contribution >= 0.6 is 11.8 Å². The Hall–Kier alpha value is -2.75. The van der Waals surface area contributed by atoms with Crippen LogP contribution in [-0.4, -0.2) is 57.1 Å². The number of methoxy groups -OCH3 is 1. The van der Waals surface area contributed by atoms with Gasteiger partial charge in [0.25, 0.3) is 5.91 Å². The average molecular weight is 422 g/mol. The Morgan fingerprint density at radius 1 is 1.14 bits per heavy atom. The first-order valence-electron chi connectivity index (χ1n) is 8.86. The Labute approximate surface area is 168 Å². The number of thioether (sulfide) groups is 1. The molecule has 3 aromatic rings. The topological polar surface area (TPSA) is 59.7 Å². The monoisotopic (exact) mass is 422 g/mol. The van der Waals surface area contributed by atoms with E-state index in [4.69, 9.17) is 4.74 Å². The number of rotatable bonds is 3. The summed E-state index contributed by atoms with van der Waals surface area (Å²) in [6.07, 6.45) is -4.66. The summed E-state index contributed by atoms with van der Waals surface area (Å²) in [6.45, 7) is 1.10. The van der Waals surface area contributed by atoms with Crippen molar-refractivity contribution >= 4 is 23.3 Å². The van der Waals surface area contributed by atoms with Crippen molar-refractivity contribution in [2.75, 3.05) is 31.7 Å². The second kappa shape index (κ2) is 7.58. The fourth-order valence-electron chi connectivity index (χ4n) is 3.12. The SMILES string of the molecule is COc1ccc(-c2cc(C(F)(F)F)n3nc(C(=O)N4CCSCC4)cc3n2)cc1. The van der Waals surface area contributed by atoms with Crippen molar-refractivity contribution in [2.45, 2.75) is 6.18 Å². The molecular formula is C19H17F3N4O2S. The highest BCUT2D eigenvalue weighted by atomic mass is 32.2. The van der Waals surface area contributed by atoms with E-state index in [-0.39, 0.29) is 22.9 Å². The molecule has 0 aliphatic carbocycles. The summed E-state index contributed by atoms with van der Waals surface area (Å²) < 4.78 is 46.8. The van der Waals surface area contributed by atoms with E-state index in [1.54, 1.807) is 40.9 Å². The van der Waals surface area contributed by atoms with Gasteiger partial charge in [-0.15, -0.1) is 0 Å². The van der Waals surface area contributed by atoms with Crippen LogP contribution in [0.5, 0.6) is 5.75 Å². The number of aromatic nitrogens is 3. The highest BCUT2D eigenvalue weighted by Crippen LogP contribution is 2.33. The van der Waals surface area contributed by atoms with Gasteiger partial charge in [-0.3, -0.25) is 4.79 Å². The molecule has 3 heterocycles. The van der Waals surface area contributed by atoms with Crippen LogP contribution in [0.25, 0.3) is 16.9 Å². The Morgan fingerprint density at radius 3 is 2.45 bits per heavy atom. The molecule has 0 unspecified atom stereocenters. The number of carbonyl (C=O) groups excluding carboxylic acids is 1. The predicted molar refractivity (Wildman–Crippen MR) is 103 cm³/mol. The Kier molecular flexibility index (Phi) is 5.12. The highest BCUT2D eigenvalue weighted by Gasteiger charge is 2.36. The van der Waals surface area contributed by atoms with Crippen LogP contribution < -0.4 is 4.74 Å². The third-order valence-corrected chi connectivity index (χ3v) is 5.56. The molecule has 6 nitrogen and oxygen atoms in total. The Morgan fingerprint density at radius 2 is 1.83 bits per heavy atom. The van der Waals surface area contributed by atoms with Crippen molar-refractivity contribution in [3.8, 4) is 17.0 Å². The molecule has 4 rings (SSSR count). The van der Waals surface area contributed by atoms with Gasteiger partial charge in [-0.05, 0) is 30.3 Å². The molecule has 0 spiro atoms. The minimum absolute atomic E-state index is 0.0274. The van der Waals surface area contributed by atoms with Gasteiger partial charge in [0.05, 0.1) is 12.8 Å². The summed E-state index contributed by atoms with van der Waals surface area (Å²) in [7, 11) is 1.51. The van der Waals surface area contributed by atoms with Crippen LogP contribution in [0.2, 0.25) is 0 Å². The van der Waals surface area contributed by atoms with Crippen molar-refractivity contribution in [3.05, 3.63) is 47.8 Å². The zero-order chi connectivity index (χ0) is 20.6. The van der Waals surface area contributed by atoms with Gasteiger partial charge >= 0.3 is 6.18 Å². The van der Waals surface area contributed by atoms with Gasteiger partial charge in [0.2, 0.25) is 0 Å². The van der Waals surface area contributed by atoms with Crippen molar-refractivity contribution < 1.29 is 22.7 Å². The zero-order valence-corrected chi connectivity index (χ0v) is 16.3. The first-order chi connectivity index (χ1) is 13.9. The zero-order valence-electron chi connectivity index (χ0n) is 15.4. The molecule has 0 radical (unpaired) electrons. The fraction of sp³-hybridized carbons (Fsp3) is 0.316. The van der Waals surface area contributed by atoms with E-state index >= 15 is 0 Å². The summed E-state index contributed by atoms with van der Waals surface area (Å²) in [6, 6.07) is 8.81. The van der Waals surface area contributed by atoms with E-state index in [2.05, 4.69) is 10.1 Å². The van der Waals surface area contributed by atoms with Crippen LogP contribution in [0.15, 0.2) is 36.4 Å². The van der Waals surface area contributed by atoms with E-state index in [1.807, 2.05) is 0 Å². The minimum atomic E-state index is -4.66. The third kappa shape index (κ3) is 3.89. The molecule has 1 amide bonds. The molecule has 1 aliphatic rings. The lowest BCUT2D eigenvalue weighted by molar-refractivity contribution is -0.142. The molecule has 0 bridgehead atoms. The number of ether oxygens (including phenoxy) is 1. The first kappa shape index (κ1) is 19.6. The van der Waals surface area contributed by atoms with Crippen molar-refractivity contribution in [3.63, 3.8) is 0 Å². The van der Waals surface area contributed by atoms with E-state index in [0.717, 1.165) is 17.6 Å². The standard InChI is InChI=1S/C19H17F3N4O2S/c1-28-13-4-2-12(3-5-13)14-10-16(19(20,21)22)26-17(23-14)11-15(24-26)18(27)25-6-8-29-9-7-25/h2-5,10-11H,6-9H2,1H3. The summed E-state index contributed by atoms with van der Waals surface area (Å²) in [5, 5.41) is 3.93. The molecule has 152 valence electrons. The van der Waals surface area contributed by atoms with Crippen LogP contribution in [-0.2, 0) is 6.18 Å². The van der Waals surface area contributed by atoms with Gasteiger partial charge in [0.1, 0.15) is 5.75 Å². The number of nitrogens with zero attached hydrogens (tertiary/aromatic N) is 4. The highest BCUT2D eigenvalue weighted by molar-refractivity contribution is 7.99. The number of alkyl halides is 3. The summed E-state index contributed by atoms with van der Waals surface area (Å²) >= 11 is 1.73. The van der Waals surface area contributed by atoms with Crippen molar-refractivity contribution in [1.29, 1.82) is 0 Å². The summed E-state index contributed by atoms with van der Waals surface area (Å²) in [5.41, 5.74) is -0.412. The van der Waals surface area contributed by atoms with Gasteiger partial charge in [-0.1, -0.05) is 0 Å². The number of amides is 1. The van der Waals surface area contributed by atoms with Crippen LogP contribution in [0.4, 0.5) is 13.2 Å². The molecule has 0 N–H and O–H groups in total. The summed E-state index contributed by atoms with van der Waals surface area (Å²) in [4.78, 5) is 18.6. The molecule has 1 saturated heterocycles. The molecule has 1 aromatic carbocycles. The first-order valence-corrected chi connectivity index (χ1v) is 10.0. The normalized spacial score (nSPS) is 15.0. The summed E-state index contributed by atoms with van der Waals surface area (Å²) in [5.74, 6) is 1.80. The third-order valence-electron chi connectivity index (χ3n) is 4.62. The van der Waals surface area contributed by atoms with Crippen molar-refractivity contribution in [2.24, 2.45) is 0 Å². The second-order valence-electron chi connectivity index (χ2n) is 6.46. The van der Waals surface area contributed by atoms with E-state index < -0.39 is 11.9 Å². The molecule has 0 saturated carbocycles. The number of hydrogen-bond acceptors (Lipinski definition) is 5. The largest absolute Gasteiger partial charge is 0.497 e. The second-order valence-corrected chi connectivity index (χ2v) is 7.68. The smallest absolute Gasteiger partial charge is 0.433 e. The fourth-order valence-corrected chi connectivity index (χ4v) is 4.02. The lowest BCUT2D eigenvalue weighted by Gasteiger charge is -2.25. The molecule has 0 atom stereocenters. The number of halogens is 3. The number of hydrogen-bond donors (Lipinski definition) is 0. The molecule has 10 heteroatoms. The van der Waals surface area contributed by atoms with Gasteiger partial charge in [-0.25, -0.2) is 9.50 Å². The van der Waals surface area contributed by atoms with Gasteiger partial charge < -0.3 is 9.64 Å². The maximum atomic E-state index is 13.7. The van der Waals surface area contributed by atoms with Crippen molar-refractivity contribution in [1.82, 2.24) is 19.5 Å². The molecule has 29 heavy (non-hydrogen) atoms. The number of benzene rings is 1. The quantitative estimate of drug-likeness (QED) is 0.645. The average Bonchev–Trinajstić information content (AvgIpc) is 3.16. The van der Waals surface area contributed by atoms with Gasteiger partial charge in [0.15, 0.2) is 17.0 Å². The Balaban J connectivity index is 1.80. The van der Waals surface area contributed by atoms with Crippen LogP contribution in [0.1, 0.15) is 16.2 Å². The maximum Gasteiger partial charge on any atom is 0.433 e. The molecule has 2 aromatic heterocycles. The predicted octanol–water partition coefficient (Wildman–Crippen LogP) is 3.61. The minimum Gasteiger partial charge on any atom is -0.497 e. The number of fused-ring (bicyclic) bond motifs is 1. The Bertz CT molecular complexity index is 1040. The number of carbonyl (C=O) groups is 1. The molecular weight excluding hydrogens is 405 g/mol. The van der Waals surface area contributed by atoms with Gasteiger partial charge in [-0.2, -0.15) is 30.0 Å². The molecule has 1 aliphatic heterocycles. The maximum absolute atomic E-state index is 13.7. The van der Waals surface area contributed by atoms with E-state index in [1.165, 1.54) is 13.2 Å². The van der Waals surface area contributed by atoms with Crippen LogP contribution in [0.3, 0.4) is 0 Å². The van der Waals surface area contributed by atoms with Crippen LogP contribution in [0, 0.1) is 0 Å². The molecule has 1 fully saturated rings. The lowest BCUT2D eigenvalue weighted by atomic mass is 10.1. The van der Waals surface area contributed by atoms with E-state index in [9.17, 15) is 18.0 Å². The van der Waals surface area contributed by atoms with E-state index in [0.29, 0.717) is 28.9 Å². The van der Waals surface area contributed by atoms with Gasteiger partial charge in [0, 0.05) is 36.2 Å².